The highest BCUT2D eigenvalue weighted by atomic mass is 16.2. The zero-order chi connectivity index (χ0) is 10.6. The Morgan fingerprint density at radius 2 is 2.07 bits per heavy atom. The highest BCUT2D eigenvalue weighted by molar-refractivity contribution is 5.78. The number of piperidine rings is 1. The number of carbonyl (C=O) groups excluding carboxylic acids is 1. The number of aromatic amines is 1. The SMILES string of the molecule is CC(=O)n1[nH]c(=O)c2c1C1CCN2CC1. The lowest BCUT2D eigenvalue weighted by molar-refractivity contribution is 0.0914. The summed E-state index contributed by atoms with van der Waals surface area (Å²) in [6, 6.07) is 0. The van der Waals surface area contributed by atoms with E-state index in [0.29, 0.717) is 5.92 Å². The molecule has 0 spiro atoms. The quantitative estimate of drug-likeness (QED) is 0.675. The molecule has 3 aliphatic heterocycles. The molecular formula is C10H13N3O2. The summed E-state index contributed by atoms with van der Waals surface area (Å²) in [5.41, 5.74) is 1.52. The van der Waals surface area contributed by atoms with Crippen molar-refractivity contribution in [1.82, 2.24) is 9.78 Å². The van der Waals surface area contributed by atoms with Gasteiger partial charge < -0.3 is 4.90 Å². The van der Waals surface area contributed by atoms with E-state index >= 15 is 0 Å². The number of hydrogen-bond donors (Lipinski definition) is 1. The van der Waals surface area contributed by atoms with Gasteiger partial charge in [0.05, 0.1) is 5.69 Å². The molecule has 0 unspecified atom stereocenters. The lowest BCUT2D eigenvalue weighted by Gasteiger charge is -2.39. The molecule has 2 bridgehead atoms. The van der Waals surface area contributed by atoms with Gasteiger partial charge in [0, 0.05) is 25.9 Å². The first-order valence-electron chi connectivity index (χ1n) is 5.29. The Morgan fingerprint density at radius 3 is 2.67 bits per heavy atom. The summed E-state index contributed by atoms with van der Waals surface area (Å²) >= 11 is 0. The number of carbonyl (C=O) groups is 1. The van der Waals surface area contributed by atoms with Crippen molar-refractivity contribution in [3.63, 3.8) is 0 Å². The second kappa shape index (κ2) is 2.74. The maximum atomic E-state index is 11.7. The summed E-state index contributed by atoms with van der Waals surface area (Å²) in [4.78, 5) is 25.2. The van der Waals surface area contributed by atoms with Crippen LogP contribution >= 0.6 is 0 Å². The van der Waals surface area contributed by atoms with E-state index < -0.39 is 0 Å². The van der Waals surface area contributed by atoms with E-state index in [9.17, 15) is 9.59 Å². The van der Waals surface area contributed by atoms with Crippen molar-refractivity contribution < 1.29 is 4.79 Å². The molecule has 4 heterocycles. The Balaban J connectivity index is 2.28. The summed E-state index contributed by atoms with van der Waals surface area (Å²) in [5.74, 6) is 0.273. The summed E-state index contributed by atoms with van der Waals surface area (Å²) in [5, 5.41) is 2.63. The number of anilines is 1. The number of nitrogens with zero attached hydrogens (tertiary/aromatic N) is 2. The second-order valence-electron chi connectivity index (χ2n) is 4.29. The first kappa shape index (κ1) is 8.76. The average Bonchev–Trinajstić information content (AvgIpc) is 2.61. The van der Waals surface area contributed by atoms with Gasteiger partial charge in [0.15, 0.2) is 0 Å². The molecule has 4 rings (SSSR count). The van der Waals surface area contributed by atoms with E-state index in [1.165, 1.54) is 11.6 Å². The van der Waals surface area contributed by atoms with Crippen LogP contribution in [0.2, 0.25) is 0 Å². The maximum Gasteiger partial charge on any atom is 0.288 e. The molecule has 0 amide bonds. The summed E-state index contributed by atoms with van der Waals surface area (Å²) in [6.07, 6.45) is 2.11. The number of aromatic nitrogens is 2. The van der Waals surface area contributed by atoms with Crippen LogP contribution in [0.15, 0.2) is 4.79 Å². The van der Waals surface area contributed by atoms with Crippen LogP contribution in [-0.2, 0) is 0 Å². The standard InChI is InChI=1S/C10H13N3O2/c1-6(14)13-8-7-2-4-12(5-3-7)9(8)10(15)11-13/h7H,2-5H2,1H3,(H,11,15). The van der Waals surface area contributed by atoms with Gasteiger partial charge in [0.25, 0.3) is 5.56 Å². The first-order chi connectivity index (χ1) is 7.18. The third-order valence-corrected chi connectivity index (χ3v) is 3.42. The van der Waals surface area contributed by atoms with E-state index in [1.807, 2.05) is 0 Å². The highest BCUT2D eigenvalue weighted by Gasteiger charge is 2.36. The molecule has 80 valence electrons. The average molecular weight is 207 g/mol. The van der Waals surface area contributed by atoms with E-state index in [0.717, 1.165) is 37.3 Å². The predicted octanol–water partition coefficient (Wildman–Crippen LogP) is 0.534. The fraction of sp³-hybridized carbons (Fsp3) is 0.600. The maximum absolute atomic E-state index is 11.7. The molecule has 0 aromatic carbocycles. The minimum absolute atomic E-state index is 0.109. The number of fused-ring (bicyclic) bond motifs is 2. The van der Waals surface area contributed by atoms with Crippen LogP contribution in [0.5, 0.6) is 0 Å². The minimum atomic E-state index is -0.121. The molecular weight excluding hydrogens is 194 g/mol. The van der Waals surface area contributed by atoms with Crippen LogP contribution < -0.4 is 10.5 Å². The Bertz CT molecular complexity index is 477. The molecule has 0 aliphatic carbocycles. The van der Waals surface area contributed by atoms with Gasteiger partial charge in [-0.05, 0) is 12.8 Å². The van der Waals surface area contributed by atoms with Crippen LogP contribution in [-0.4, -0.2) is 28.8 Å². The van der Waals surface area contributed by atoms with Crippen molar-refractivity contribution >= 4 is 11.6 Å². The molecule has 1 aromatic heterocycles. The van der Waals surface area contributed by atoms with Gasteiger partial charge in [0.1, 0.15) is 5.69 Å². The Hall–Kier alpha value is -1.52. The van der Waals surface area contributed by atoms with E-state index in [-0.39, 0.29) is 11.5 Å². The number of H-pyrrole nitrogens is 1. The second-order valence-corrected chi connectivity index (χ2v) is 4.29. The Kier molecular flexibility index (Phi) is 1.60. The summed E-state index contributed by atoms with van der Waals surface area (Å²) in [7, 11) is 0. The van der Waals surface area contributed by atoms with Crippen LogP contribution in [0.4, 0.5) is 5.69 Å². The van der Waals surface area contributed by atoms with E-state index in [2.05, 4.69) is 10.00 Å². The highest BCUT2D eigenvalue weighted by Crippen LogP contribution is 2.39. The van der Waals surface area contributed by atoms with Crippen molar-refractivity contribution in [2.24, 2.45) is 0 Å². The molecule has 3 aliphatic rings. The molecule has 1 N–H and O–H groups in total. The molecule has 0 saturated carbocycles. The molecule has 1 aromatic rings. The number of nitrogens with one attached hydrogen (secondary N) is 1. The fourth-order valence-electron chi connectivity index (χ4n) is 2.74. The van der Waals surface area contributed by atoms with Gasteiger partial charge in [-0.2, -0.15) is 0 Å². The molecule has 1 saturated heterocycles. The predicted molar refractivity (Wildman–Crippen MR) is 55.5 cm³/mol. The summed E-state index contributed by atoms with van der Waals surface area (Å²) in [6.45, 7) is 3.37. The Morgan fingerprint density at radius 1 is 1.40 bits per heavy atom. The van der Waals surface area contributed by atoms with E-state index in [1.54, 1.807) is 0 Å². The van der Waals surface area contributed by atoms with Crippen molar-refractivity contribution in [2.45, 2.75) is 25.7 Å². The van der Waals surface area contributed by atoms with Crippen LogP contribution in [0.25, 0.3) is 0 Å². The lowest BCUT2D eigenvalue weighted by Crippen LogP contribution is -2.41. The normalized spacial score (nSPS) is 19.4. The van der Waals surface area contributed by atoms with Crippen LogP contribution in [0, 0.1) is 0 Å². The molecule has 5 nitrogen and oxygen atoms in total. The van der Waals surface area contributed by atoms with Crippen molar-refractivity contribution in [2.75, 3.05) is 18.0 Å². The molecule has 0 radical (unpaired) electrons. The monoisotopic (exact) mass is 207 g/mol. The van der Waals surface area contributed by atoms with Gasteiger partial charge >= 0.3 is 0 Å². The lowest BCUT2D eigenvalue weighted by atomic mass is 9.87. The van der Waals surface area contributed by atoms with Crippen molar-refractivity contribution in [3.8, 4) is 0 Å². The third kappa shape index (κ3) is 1.03. The zero-order valence-corrected chi connectivity index (χ0v) is 8.62. The first-order valence-corrected chi connectivity index (χ1v) is 5.29. The van der Waals surface area contributed by atoms with Crippen molar-refractivity contribution in [3.05, 3.63) is 16.0 Å². The number of rotatable bonds is 0. The van der Waals surface area contributed by atoms with Gasteiger partial charge in [-0.15, -0.1) is 0 Å². The van der Waals surface area contributed by atoms with E-state index in [4.69, 9.17) is 0 Å². The summed E-state index contributed by atoms with van der Waals surface area (Å²) < 4.78 is 1.42. The van der Waals surface area contributed by atoms with Crippen LogP contribution in [0.1, 0.15) is 36.2 Å². The largest absolute Gasteiger partial charge is 0.365 e. The smallest absolute Gasteiger partial charge is 0.288 e. The van der Waals surface area contributed by atoms with Gasteiger partial charge in [0.2, 0.25) is 5.91 Å². The number of hydrogen-bond acceptors (Lipinski definition) is 3. The van der Waals surface area contributed by atoms with Gasteiger partial charge in [-0.25, -0.2) is 4.68 Å². The molecule has 5 heteroatoms. The fourth-order valence-corrected chi connectivity index (χ4v) is 2.74. The molecule has 15 heavy (non-hydrogen) atoms. The Labute approximate surface area is 86.7 Å². The zero-order valence-electron chi connectivity index (χ0n) is 8.62. The van der Waals surface area contributed by atoms with Crippen LogP contribution in [0.3, 0.4) is 0 Å². The topological polar surface area (TPSA) is 58.1 Å². The van der Waals surface area contributed by atoms with Gasteiger partial charge in [-0.3, -0.25) is 14.7 Å². The van der Waals surface area contributed by atoms with Gasteiger partial charge in [-0.1, -0.05) is 0 Å². The molecule has 0 atom stereocenters. The van der Waals surface area contributed by atoms with Crippen molar-refractivity contribution in [1.29, 1.82) is 0 Å². The molecule has 1 fully saturated rings. The minimum Gasteiger partial charge on any atom is -0.365 e. The third-order valence-electron chi connectivity index (χ3n) is 3.42.